The first kappa shape index (κ1) is 21.7. The van der Waals surface area contributed by atoms with E-state index in [2.05, 4.69) is 15.1 Å². The standard InChI is InChI=1S/C27H19N5O4S/c1-34-17-9-6-15(7-10-17)23-18-11-8-16(33)12-21(18)35-26-24(23)25-30-22(31-32(25)14-28-26)13-37-27-29-19-4-2-3-5-20(19)36-27/h2-12,14,23,33H,13H2,1H3. The smallest absolute Gasteiger partial charge is 0.257 e. The quantitative estimate of drug-likeness (QED) is 0.298. The number of methoxy groups -OCH3 is 1. The van der Waals surface area contributed by atoms with Crippen molar-refractivity contribution in [2.24, 2.45) is 0 Å². The van der Waals surface area contributed by atoms with Crippen molar-refractivity contribution in [1.29, 1.82) is 0 Å². The van der Waals surface area contributed by atoms with Crippen molar-refractivity contribution in [1.82, 2.24) is 24.6 Å². The van der Waals surface area contributed by atoms with E-state index < -0.39 is 0 Å². The third-order valence-corrected chi connectivity index (χ3v) is 7.11. The highest BCUT2D eigenvalue weighted by atomic mass is 32.2. The molecule has 9 nitrogen and oxygen atoms in total. The predicted octanol–water partition coefficient (Wildman–Crippen LogP) is 5.56. The maximum Gasteiger partial charge on any atom is 0.257 e. The second kappa shape index (κ2) is 8.52. The van der Waals surface area contributed by atoms with Gasteiger partial charge in [0.1, 0.15) is 29.1 Å². The molecular weight excluding hydrogens is 490 g/mol. The third-order valence-electron chi connectivity index (χ3n) is 6.28. The van der Waals surface area contributed by atoms with Gasteiger partial charge in [-0.1, -0.05) is 42.1 Å². The fourth-order valence-corrected chi connectivity index (χ4v) is 5.28. The summed E-state index contributed by atoms with van der Waals surface area (Å²) < 4.78 is 19.0. The van der Waals surface area contributed by atoms with Crippen LogP contribution in [0.25, 0.3) is 16.7 Å². The SMILES string of the molecule is COc1ccc(C2c3ccc(O)cc3Oc3ncn4nc(CSc5nc6ccccc6o5)nc4c32)cc1. The van der Waals surface area contributed by atoms with Crippen molar-refractivity contribution in [2.45, 2.75) is 16.9 Å². The topological polar surface area (TPSA) is 108 Å². The van der Waals surface area contributed by atoms with Crippen LogP contribution in [0, 0.1) is 0 Å². The van der Waals surface area contributed by atoms with Crippen molar-refractivity contribution in [3.05, 3.63) is 95.6 Å². The van der Waals surface area contributed by atoms with E-state index in [0.717, 1.165) is 33.5 Å². The number of oxazole rings is 1. The molecule has 0 radical (unpaired) electrons. The van der Waals surface area contributed by atoms with E-state index in [-0.39, 0.29) is 11.7 Å². The molecule has 4 heterocycles. The Balaban J connectivity index is 1.30. The number of phenolic OH excluding ortho intramolecular Hbond substituents is 1. The van der Waals surface area contributed by atoms with Gasteiger partial charge in [-0.05, 0) is 35.9 Å². The van der Waals surface area contributed by atoms with Gasteiger partial charge in [-0.15, -0.1) is 5.10 Å². The number of hydrogen-bond donors (Lipinski definition) is 1. The lowest BCUT2D eigenvalue weighted by atomic mass is 9.84. The highest BCUT2D eigenvalue weighted by Gasteiger charge is 2.33. The zero-order valence-electron chi connectivity index (χ0n) is 19.5. The zero-order valence-corrected chi connectivity index (χ0v) is 20.3. The van der Waals surface area contributed by atoms with Gasteiger partial charge in [0.2, 0.25) is 5.88 Å². The van der Waals surface area contributed by atoms with Gasteiger partial charge in [0.25, 0.3) is 5.22 Å². The lowest BCUT2D eigenvalue weighted by molar-refractivity contribution is 0.414. The molecule has 37 heavy (non-hydrogen) atoms. The number of thioether (sulfide) groups is 1. The van der Waals surface area contributed by atoms with Crippen LogP contribution >= 0.6 is 11.8 Å². The summed E-state index contributed by atoms with van der Waals surface area (Å²) in [4.78, 5) is 13.9. The first-order chi connectivity index (χ1) is 18.2. The molecule has 0 aliphatic carbocycles. The maximum atomic E-state index is 10.1. The molecule has 0 saturated heterocycles. The summed E-state index contributed by atoms with van der Waals surface area (Å²) >= 11 is 1.43. The molecule has 0 bridgehead atoms. The molecule has 1 aliphatic heterocycles. The number of aromatic nitrogens is 5. The minimum atomic E-state index is -0.233. The summed E-state index contributed by atoms with van der Waals surface area (Å²) in [5, 5.41) is 15.3. The van der Waals surface area contributed by atoms with Gasteiger partial charge in [0.05, 0.1) is 18.4 Å². The minimum absolute atomic E-state index is 0.123. The van der Waals surface area contributed by atoms with Crippen LogP contribution in [-0.4, -0.2) is 36.8 Å². The van der Waals surface area contributed by atoms with E-state index in [1.807, 2.05) is 54.6 Å². The number of ether oxygens (including phenoxy) is 2. The highest BCUT2D eigenvalue weighted by Crippen LogP contribution is 2.48. The molecule has 6 aromatic rings. The van der Waals surface area contributed by atoms with Crippen molar-refractivity contribution in [3.8, 4) is 23.1 Å². The second-order valence-corrected chi connectivity index (χ2v) is 9.45. The van der Waals surface area contributed by atoms with E-state index >= 15 is 0 Å². The fraction of sp³-hybridized carbons (Fsp3) is 0.111. The Bertz CT molecular complexity index is 1750. The summed E-state index contributed by atoms with van der Waals surface area (Å²) in [6, 6.07) is 20.7. The van der Waals surface area contributed by atoms with Gasteiger partial charge >= 0.3 is 0 Å². The number of benzene rings is 3. The first-order valence-corrected chi connectivity index (χ1v) is 12.5. The fourth-order valence-electron chi connectivity index (χ4n) is 4.59. The normalized spacial score (nSPS) is 14.4. The Morgan fingerprint density at radius 1 is 1.05 bits per heavy atom. The van der Waals surface area contributed by atoms with E-state index in [0.29, 0.717) is 34.1 Å². The van der Waals surface area contributed by atoms with E-state index in [1.54, 1.807) is 30.1 Å². The molecule has 0 saturated carbocycles. The molecular formula is C27H19N5O4S. The van der Waals surface area contributed by atoms with Gasteiger partial charge in [-0.25, -0.2) is 19.5 Å². The van der Waals surface area contributed by atoms with Gasteiger partial charge in [0.15, 0.2) is 17.1 Å². The number of aromatic hydroxyl groups is 1. The number of phenols is 1. The lowest BCUT2D eigenvalue weighted by Gasteiger charge is -2.28. The summed E-state index contributed by atoms with van der Waals surface area (Å²) in [7, 11) is 1.64. The molecule has 0 fully saturated rings. The van der Waals surface area contributed by atoms with E-state index in [9.17, 15) is 5.11 Å². The lowest BCUT2D eigenvalue weighted by Crippen LogP contribution is -2.15. The molecule has 10 heteroatoms. The van der Waals surface area contributed by atoms with Crippen molar-refractivity contribution < 1.29 is 19.0 Å². The second-order valence-electron chi connectivity index (χ2n) is 8.53. The zero-order chi connectivity index (χ0) is 24.9. The molecule has 0 amide bonds. The third kappa shape index (κ3) is 3.73. The van der Waals surface area contributed by atoms with Crippen LogP contribution in [0.3, 0.4) is 0 Å². The molecule has 1 aliphatic rings. The number of nitrogens with zero attached hydrogens (tertiary/aromatic N) is 5. The Morgan fingerprint density at radius 2 is 1.92 bits per heavy atom. The van der Waals surface area contributed by atoms with Crippen LogP contribution in [-0.2, 0) is 5.75 Å². The van der Waals surface area contributed by atoms with Crippen LogP contribution in [0.15, 0.2) is 82.7 Å². The summed E-state index contributed by atoms with van der Waals surface area (Å²) in [5.41, 5.74) is 4.92. The van der Waals surface area contributed by atoms with Crippen LogP contribution in [0.1, 0.15) is 28.4 Å². The van der Waals surface area contributed by atoms with E-state index in [1.165, 1.54) is 11.8 Å². The number of fused-ring (bicyclic) bond motifs is 5. The Hall–Kier alpha value is -4.57. The average molecular weight is 510 g/mol. The predicted molar refractivity (Wildman–Crippen MR) is 136 cm³/mol. The first-order valence-electron chi connectivity index (χ1n) is 11.5. The monoisotopic (exact) mass is 509 g/mol. The molecule has 1 N–H and O–H groups in total. The van der Waals surface area contributed by atoms with Crippen LogP contribution in [0.5, 0.6) is 23.1 Å². The molecule has 7 rings (SSSR count). The number of rotatable bonds is 5. The van der Waals surface area contributed by atoms with Gasteiger partial charge < -0.3 is 19.0 Å². The van der Waals surface area contributed by atoms with Crippen molar-refractivity contribution in [3.63, 3.8) is 0 Å². The van der Waals surface area contributed by atoms with E-state index in [4.69, 9.17) is 18.9 Å². The van der Waals surface area contributed by atoms with Crippen molar-refractivity contribution >= 4 is 28.5 Å². The minimum Gasteiger partial charge on any atom is -0.508 e. The maximum absolute atomic E-state index is 10.1. The largest absolute Gasteiger partial charge is 0.508 e. The highest BCUT2D eigenvalue weighted by molar-refractivity contribution is 7.98. The molecule has 1 atom stereocenters. The van der Waals surface area contributed by atoms with Crippen LogP contribution < -0.4 is 9.47 Å². The molecule has 3 aromatic heterocycles. The number of hydrogen-bond acceptors (Lipinski definition) is 9. The summed E-state index contributed by atoms with van der Waals surface area (Å²) in [5.74, 6) is 2.72. The number of para-hydroxylation sites is 2. The van der Waals surface area contributed by atoms with Crippen LogP contribution in [0.4, 0.5) is 0 Å². The molecule has 182 valence electrons. The summed E-state index contributed by atoms with van der Waals surface area (Å²) in [6.07, 6.45) is 1.59. The van der Waals surface area contributed by atoms with Crippen LogP contribution in [0.2, 0.25) is 0 Å². The van der Waals surface area contributed by atoms with Crippen molar-refractivity contribution in [2.75, 3.05) is 7.11 Å². The van der Waals surface area contributed by atoms with Gasteiger partial charge in [-0.2, -0.15) is 0 Å². The Labute approximate surface area is 214 Å². The molecule has 3 aromatic carbocycles. The van der Waals surface area contributed by atoms with Gasteiger partial charge in [-0.3, -0.25) is 0 Å². The molecule has 1 unspecified atom stereocenters. The Morgan fingerprint density at radius 3 is 2.76 bits per heavy atom. The summed E-state index contributed by atoms with van der Waals surface area (Å²) in [6.45, 7) is 0. The van der Waals surface area contributed by atoms with Gasteiger partial charge in [0, 0.05) is 17.5 Å². The molecule has 0 spiro atoms. The Kier molecular flexibility index (Phi) is 5.00. The average Bonchev–Trinajstić information content (AvgIpc) is 3.54.